The molecule has 3 heteroatoms. The third-order valence-corrected chi connectivity index (χ3v) is 1.63. The van der Waals surface area contributed by atoms with Crippen molar-refractivity contribution < 1.29 is 0 Å². The van der Waals surface area contributed by atoms with E-state index in [1.165, 1.54) is 6.07 Å². The van der Waals surface area contributed by atoms with Gasteiger partial charge in [-0.2, -0.15) is 0 Å². The Morgan fingerprint density at radius 3 is 2.58 bits per heavy atom. The van der Waals surface area contributed by atoms with Gasteiger partial charge in [-0.15, -0.1) is 0 Å². The second kappa shape index (κ2) is 4.64. The number of rotatable bonds is 0. The second-order valence-corrected chi connectivity index (χ2v) is 2.41. The van der Waals surface area contributed by atoms with Gasteiger partial charge in [0, 0.05) is 80.5 Å². The first-order valence-corrected chi connectivity index (χ1v) is 3.44. The van der Waals surface area contributed by atoms with Crippen LogP contribution >= 0.6 is 0 Å². The van der Waals surface area contributed by atoms with Gasteiger partial charge in [-0.3, -0.25) is 4.79 Å². The Morgan fingerprint density at radius 2 is 1.75 bits per heavy atom. The van der Waals surface area contributed by atoms with E-state index in [-0.39, 0.29) is 74.5 Å². The van der Waals surface area contributed by atoms with Crippen molar-refractivity contribution in [2.75, 3.05) is 0 Å². The molecule has 1 aromatic carbocycles. The summed E-state index contributed by atoms with van der Waals surface area (Å²) >= 11 is 0. The normalized spacial score (nSPS) is 9.33. The smallest absolute Gasteiger partial charge is 0.248 e. The summed E-state index contributed by atoms with van der Waals surface area (Å²) in [5.41, 5.74) is 0.837. The van der Waals surface area contributed by atoms with E-state index in [0.29, 0.717) is 0 Å². The Bertz CT molecular complexity index is 435. The number of benzene rings is 1. The number of nitrogens with one attached hydrogen (secondary N) is 1. The van der Waals surface area contributed by atoms with Crippen molar-refractivity contribution in [1.29, 1.82) is 0 Å². The summed E-state index contributed by atoms with van der Waals surface area (Å²) in [6.07, 6.45) is 0. The van der Waals surface area contributed by atoms with E-state index in [4.69, 9.17) is 0 Å². The van der Waals surface area contributed by atoms with Crippen LogP contribution < -0.4 is 5.56 Å². The average Bonchev–Trinajstić information content (AvgIpc) is 2.04. The second-order valence-electron chi connectivity index (χ2n) is 2.41. The number of pyridine rings is 1. The molecule has 2 rings (SSSR count). The van der Waals surface area contributed by atoms with E-state index < -0.39 is 0 Å². The molecule has 0 amide bonds. The summed E-state index contributed by atoms with van der Waals surface area (Å²) in [6, 6.07) is 11.0. The van der Waals surface area contributed by atoms with Gasteiger partial charge in [-0.1, -0.05) is 18.2 Å². The molecule has 0 unspecified atom stereocenters. The molecule has 0 saturated heterocycles. The van der Waals surface area contributed by atoms with Crippen LogP contribution in [-0.4, -0.2) is 73.9 Å². The fourth-order valence-electron chi connectivity index (χ4n) is 1.10. The Morgan fingerprint density at radius 1 is 1.00 bits per heavy atom. The Hall–Kier alpha value is 0.482. The fourth-order valence-corrected chi connectivity index (χ4v) is 1.10. The molecule has 1 radical (unpaired) electrons. The van der Waals surface area contributed by atoms with Crippen LogP contribution in [0.15, 0.2) is 41.2 Å². The summed E-state index contributed by atoms with van der Waals surface area (Å²) in [6.45, 7) is 0. The molecule has 2 aromatic rings. The molecule has 0 saturated carbocycles. The molecule has 0 aliphatic carbocycles. The summed E-state index contributed by atoms with van der Waals surface area (Å²) < 4.78 is 0. The van der Waals surface area contributed by atoms with Crippen molar-refractivity contribution in [3.8, 4) is 0 Å². The van der Waals surface area contributed by atoms with Gasteiger partial charge in [0.25, 0.3) is 0 Å². The van der Waals surface area contributed by atoms with Crippen molar-refractivity contribution in [3.05, 3.63) is 46.8 Å². The first-order chi connectivity index (χ1) is 5.36. The number of para-hydroxylation sites is 1. The minimum atomic E-state index is -0.0521. The first-order valence-electron chi connectivity index (χ1n) is 3.44. The number of H-pyrrole nitrogens is 1. The zero-order valence-corrected chi connectivity index (χ0v) is 13.2. The number of aromatic nitrogens is 1. The molecule has 55 valence electrons. The van der Waals surface area contributed by atoms with Crippen LogP contribution in [0.3, 0.4) is 0 Å². The van der Waals surface area contributed by atoms with E-state index in [1.807, 2.05) is 30.3 Å². The van der Waals surface area contributed by atoms with Crippen molar-refractivity contribution in [2.24, 2.45) is 0 Å². The van der Waals surface area contributed by atoms with Gasteiger partial charge in [-0.05, 0) is 17.5 Å². The summed E-state index contributed by atoms with van der Waals surface area (Å²) in [7, 11) is 0. The van der Waals surface area contributed by atoms with Crippen LogP contribution in [-0.2, 0) is 0 Å². The Kier molecular flexibility index (Phi) is 4.09. The van der Waals surface area contributed by atoms with Crippen molar-refractivity contribution in [1.82, 2.24) is 4.98 Å². The predicted molar refractivity (Wildman–Crippen MR) is 50.3 cm³/mol. The zero-order chi connectivity index (χ0) is 7.68. The van der Waals surface area contributed by atoms with Crippen LogP contribution in [0.2, 0.25) is 0 Å². The number of aromatic amines is 1. The SMILES string of the molecule is O=c1ccc2ccccc2[nH]1.[Cs]. The summed E-state index contributed by atoms with van der Waals surface area (Å²) in [5.74, 6) is 0. The van der Waals surface area contributed by atoms with E-state index in [1.54, 1.807) is 0 Å². The van der Waals surface area contributed by atoms with Crippen LogP contribution in [0.1, 0.15) is 0 Å². The third kappa shape index (κ3) is 2.25. The minimum absolute atomic E-state index is 0. The maximum Gasteiger partial charge on any atom is 0.248 e. The molecule has 1 aromatic heterocycles. The first kappa shape index (κ1) is 10.6. The van der Waals surface area contributed by atoms with Gasteiger partial charge in [0.2, 0.25) is 5.56 Å². The standard InChI is InChI=1S/C9H7NO.Cs/c11-9-6-5-7-3-1-2-4-8(7)10-9;/h1-6H,(H,10,11);. The summed E-state index contributed by atoms with van der Waals surface area (Å²) in [4.78, 5) is 13.6. The topological polar surface area (TPSA) is 32.9 Å². The van der Waals surface area contributed by atoms with Gasteiger partial charge in [0.15, 0.2) is 0 Å². The van der Waals surface area contributed by atoms with E-state index >= 15 is 0 Å². The third-order valence-electron chi connectivity index (χ3n) is 1.63. The zero-order valence-electron chi connectivity index (χ0n) is 6.87. The van der Waals surface area contributed by atoms with E-state index in [2.05, 4.69) is 4.98 Å². The van der Waals surface area contributed by atoms with Crippen LogP contribution in [0.25, 0.3) is 10.9 Å². The van der Waals surface area contributed by atoms with Crippen molar-refractivity contribution in [3.63, 3.8) is 0 Å². The average molecular weight is 278 g/mol. The molecule has 2 nitrogen and oxygen atoms in total. The monoisotopic (exact) mass is 278 g/mol. The number of fused-ring (bicyclic) bond motifs is 1. The molecule has 1 N–H and O–H groups in total. The van der Waals surface area contributed by atoms with Gasteiger partial charge >= 0.3 is 0 Å². The quantitative estimate of drug-likeness (QED) is 0.770. The minimum Gasteiger partial charge on any atom is -0.322 e. The molecular weight excluding hydrogens is 271 g/mol. The molecule has 0 aliphatic heterocycles. The van der Waals surface area contributed by atoms with Crippen molar-refractivity contribution >= 4 is 79.8 Å². The van der Waals surface area contributed by atoms with Crippen LogP contribution in [0, 0.1) is 0 Å². The van der Waals surface area contributed by atoms with Gasteiger partial charge in [0.05, 0.1) is 0 Å². The van der Waals surface area contributed by atoms with Gasteiger partial charge in [-0.25, -0.2) is 0 Å². The van der Waals surface area contributed by atoms with Gasteiger partial charge in [0.1, 0.15) is 0 Å². The Balaban J connectivity index is 0.000000720. The van der Waals surface area contributed by atoms with E-state index in [9.17, 15) is 4.79 Å². The van der Waals surface area contributed by atoms with E-state index in [0.717, 1.165) is 10.9 Å². The molecule has 0 fully saturated rings. The predicted octanol–water partition coefficient (Wildman–Crippen LogP) is 1.15. The number of hydrogen-bond donors (Lipinski definition) is 1. The Labute approximate surface area is 129 Å². The largest absolute Gasteiger partial charge is 0.322 e. The maximum atomic E-state index is 10.8. The molecule has 1 heterocycles. The molecule has 12 heavy (non-hydrogen) atoms. The molecular formula is C9H7CsNO. The molecule has 0 bridgehead atoms. The molecule has 0 spiro atoms. The number of hydrogen-bond acceptors (Lipinski definition) is 1. The molecule has 0 atom stereocenters. The van der Waals surface area contributed by atoms with Crippen LogP contribution in [0.4, 0.5) is 0 Å². The van der Waals surface area contributed by atoms with Crippen LogP contribution in [0.5, 0.6) is 0 Å². The van der Waals surface area contributed by atoms with Gasteiger partial charge < -0.3 is 4.98 Å². The van der Waals surface area contributed by atoms with Crippen molar-refractivity contribution in [2.45, 2.75) is 0 Å². The fraction of sp³-hybridized carbons (Fsp3) is 0. The molecule has 0 aliphatic rings. The summed E-state index contributed by atoms with van der Waals surface area (Å²) in [5, 5.41) is 1.06. The maximum absolute atomic E-state index is 10.8.